The zero-order valence-electron chi connectivity index (χ0n) is 15.5. The average Bonchev–Trinajstić information content (AvgIpc) is 3.10. The smallest absolute Gasteiger partial charge is 0.278 e. The van der Waals surface area contributed by atoms with Gasteiger partial charge in [0.2, 0.25) is 5.88 Å². The summed E-state index contributed by atoms with van der Waals surface area (Å²) in [6.07, 6.45) is 3.36. The third-order valence-electron chi connectivity index (χ3n) is 3.96. The first-order valence-corrected chi connectivity index (χ1v) is 8.52. The van der Waals surface area contributed by atoms with Gasteiger partial charge in [-0.3, -0.25) is 4.79 Å². The molecule has 28 heavy (non-hydrogen) atoms. The van der Waals surface area contributed by atoms with Crippen LogP contribution in [0.1, 0.15) is 22.4 Å². The number of amides is 1. The van der Waals surface area contributed by atoms with E-state index >= 15 is 0 Å². The van der Waals surface area contributed by atoms with Gasteiger partial charge in [0.25, 0.3) is 5.91 Å². The van der Waals surface area contributed by atoms with Gasteiger partial charge >= 0.3 is 0 Å². The van der Waals surface area contributed by atoms with Crippen LogP contribution in [0.3, 0.4) is 0 Å². The zero-order chi connectivity index (χ0) is 19.9. The van der Waals surface area contributed by atoms with Crippen molar-refractivity contribution < 1.29 is 14.3 Å². The van der Waals surface area contributed by atoms with E-state index in [2.05, 4.69) is 20.5 Å². The Morgan fingerprint density at radius 2 is 2.25 bits per heavy atom. The van der Waals surface area contributed by atoms with Crippen molar-refractivity contribution in [3.63, 3.8) is 0 Å². The summed E-state index contributed by atoms with van der Waals surface area (Å²) >= 11 is 0. The number of hydrazone groups is 1. The fourth-order valence-corrected chi connectivity index (χ4v) is 2.74. The van der Waals surface area contributed by atoms with Crippen LogP contribution in [0.25, 0.3) is 10.9 Å². The van der Waals surface area contributed by atoms with Crippen LogP contribution >= 0.6 is 0 Å². The number of fused-ring (bicyclic) bond motifs is 1. The van der Waals surface area contributed by atoms with Gasteiger partial charge in [0.05, 0.1) is 12.8 Å². The molecule has 8 heteroatoms. The second-order valence-corrected chi connectivity index (χ2v) is 6.02. The number of para-hydroxylation sites is 1. The minimum Gasteiger partial charge on any atom is -0.467 e. The molecule has 0 atom stereocenters. The number of H-pyrrole nitrogens is 1. The van der Waals surface area contributed by atoms with Crippen LogP contribution in [0.4, 0.5) is 0 Å². The molecule has 142 valence electrons. The molecule has 2 aromatic heterocycles. The molecular formula is C20H19N5O3. The molecule has 0 bridgehead atoms. The van der Waals surface area contributed by atoms with Crippen LogP contribution in [-0.4, -0.2) is 35.8 Å². The molecule has 0 fully saturated rings. The number of nitrogens with one attached hydrogen (secondary N) is 2. The van der Waals surface area contributed by atoms with E-state index in [4.69, 9.17) is 9.47 Å². The highest BCUT2D eigenvalue weighted by Gasteiger charge is 2.14. The number of aromatic nitrogens is 2. The Balaban J connectivity index is 1.62. The van der Waals surface area contributed by atoms with Gasteiger partial charge in [-0.15, -0.1) is 0 Å². The molecule has 3 rings (SSSR count). The van der Waals surface area contributed by atoms with E-state index < -0.39 is 5.91 Å². The van der Waals surface area contributed by atoms with Crippen LogP contribution in [0.15, 0.2) is 41.6 Å². The summed E-state index contributed by atoms with van der Waals surface area (Å²) in [5.74, 6) is -0.359. The lowest BCUT2D eigenvalue weighted by molar-refractivity contribution is -0.123. The first-order valence-electron chi connectivity index (χ1n) is 8.52. The number of methoxy groups -OCH3 is 1. The molecule has 0 aliphatic carbocycles. The largest absolute Gasteiger partial charge is 0.467 e. The number of pyridine rings is 1. The molecule has 2 heterocycles. The predicted octanol–water partition coefficient (Wildman–Crippen LogP) is 2.42. The summed E-state index contributed by atoms with van der Waals surface area (Å²) < 4.78 is 10.5. The van der Waals surface area contributed by atoms with E-state index in [1.165, 1.54) is 7.11 Å². The van der Waals surface area contributed by atoms with Crippen molar-refractivity contribution >= 4 is 23.0 Å². The van der Waals surface area contributed by atoms with Crippen molar-refractivity contribution in [1.29, 1.82) is 5.26 Å². The molecule has 1 aromatic carbocycles. The van der Waals surface area contributed by atoms with Crippen LogP contribution in [0, 0.1) is 18.3 Å². The Morgan fingerprint density at radius 3 is 3.04 bits per heavy atom. The third-order valence-corrected chi connectivity index (χ3v) is 3.96. The predicted molar refractivity (Wildman–Crippen MR) is 104 cm³/mol. The van der Waals surface area contributed by atoms with Gasteiger partial charge in [0.15, 0.2) is 6.61 Å². The van der Waals surface area contributed by atoms with Crippen LogP contribution < -0.4 is 10.2 Å². The quantitative estimate of drug-likeness (QED) is 0.485. The highest BCUT2D eigenvalue weighted by atomic mass is 16.5. The highest BCUT2D eigenvalue weighted by molar-refractivity contribution is 5.99. The topological polar surface area (TPSA) is 112 Å². The fraction of sp³-hybridized carbons (Fsp3) is 0.200. The monoisotopic (exact) mass is 377 g/mol. The molecule has 0 radical (unpaired) electrons. The van der Waals surface area contributed by atoms with Gasteiger partial charge in [-0.25, -0.2) is 10.4 Å². The van der Waals surface area contributed by atoms with E-state index in [0.717, 1.165) is 16.5 Å². The number of ether oxygens (including phenoxy) is 2. The number of benzene rings is 1. The minimum absolute atomic E-state index is 0.102. The standard InChI is InChI=1S/C20H19N5O3/c1-13-7-14(11-27-2)17(8-21)20(24-13)28-12-19(26)25-23-10-15-9-22-18-6-4-3-5-16(15)18/h3-7,9-10,22H,11-12H2,1-2H3,(H,25,26)/b23-10+. The van der Waals surface area contributed by atoms with E-state index in [1.807, 2.05) is 36.5 Å². The molecule has 0 aliphatic rings. The highest BCUT2D eigenvalue weighted by Crippen LogP contribution is 2.21. The molecule has 0 saturated heterocycles. The summed E-state index contributed by atoms with van der Waals surface area (Å²) in [4.78, 5) is 19.3. The minimum atomic E-state index is -0.462. The molecule has 2 N–H and O–H groups in total. The van der Waals surface area contributed by atoms with Crippen molar-refractivity contribution in [2.75, 3.05) is 13.7 Å². The van der Waals surface area contributed by atoms with E-state index in [-0.39, 0.29) is 24.7 Å². The Kier molecular flexibility index (Phi) is 5.99. The number of hydrogen-bond donors (Lipinski definition) is 2. The van der Waals surface area contributed by atoms with Crippen LogP contribution in [0.2, 0.25) is 0 Å². The maximum atomic E-state index is 12.0. The lowest BCUT2D eigenvalue weighted by atomic mass is 10.1. The number of carbonyl (C=O) groups is 1. The lowest BCUT2D eigenvalue weighted by Crippen LogP contribution is -2.25. The zero-order valence-corrected chi connectivity index (χ0v) is 15.5. The van der Waals surface area contributed by atoms with E-state index in [1.54, 1.807) is 19.2 Å². The molecule has 8 nitrogen and oxygen atoms in total. The molecule has 3 aromatic rings. The third kappa shape index (κ3) is 4.34. The van der Waals surface area contributed by atoms with Gasteiger partial charge in [-0.05, 0) is 19.1 Å². The molecular weight excluding hydrogens is 358 g/mol. The second-order valence-electron chi connectivity index (χ2n) is 6.02. The molecule has 0 saturated carbocycles. The molecule has 0 aliphatic heterocycles. The van der Waals surface area contributed by atoms with Crippen LogP contribution in [0.5, 0.6) is 5.88 Å². The normalized spacial score (nSPS) is 10.9. The Labute approximate surface area is 161 Å². The van der Waals surface area contributed by atoms with Gasteiger partial charge in [-0.2, -0.15) is 10.4 Å². The molecule has 1 amide bonds. The number of nitriles is 1. The summed E-state index contributed by atoms with van der Waals surface area (Å²) in [5, 5.41) is 14.3. The van der Waals surface area contributed by atoms with Gasteiger partial charge in [-0.1, -0.05) is 18.2 Å². The van der Waals surface area contributed by atoms with Crippen LogP contribution in [-0.2, 0) is 16.1 Å². The van der Waals surface area contributed by atoms with Gasteiger partial charge in [0.1, 0.15) is 11.6 Å². The maximum absolute atomic E-state index is 12.0. The van der Waals surface area contributed by atoms with E-state index in [9.17, 15) is 10.1 Å². The first-order chi connectivity index (χ1) is 13.6. The summed E-state index contributed by atoms with van der Waals surface area (Å²) in [7, 11) is 1.54. The average molecular weight is 377 g/mol. The Bertz CT molecular complexity index is 1070. The number of aromatic amines is 1. The van der Waals surface area contributed by atoms with E-state index in [0.29, 0.717) is 11.3 Å². The van der Waals surface area contributed by atoms with Crippen molar-refractivity contribution in [3.05, 3.63) is 58.9 Å². The molecule has 0 spiro atoms. The maximum Gasteiger partial charge on any atom is 0.278 e. The number of aryl methyl sites for hydroxylation is 1. The van der Waals surface area contributed by atoms with Crippen molar-refractivity contribution in [2.24, 2.45) is 5.10 Å². The van der Waals surface area contributed by atoms with Gasteiger partial charge < -0.3 is 14.5 Å². The lowest BCUT2D eigenvalue weighted by Gasteiger charge is -2.10. The number of nitrogens with zero attached hydrogens (tertiary/aromatic N) is 3. The van der Waals surface area contributed by atoms with Gasteiger partial charge in [0, 0.05) is 41.0 Å². The number of carbonyl (C=O) groups excluding carboxylic acids is 1. The Morgan fingerprint density at radius 1 is 1.43 bits per heavy atom. The number of hydrogen-bond acceptors (Lipinski definition) is 6. The Hall–Kier alpha value is -3.70. The van der Waals surface area contributed by atoms with Crippen molar-refractivity contribution in [2.45, 2.75) is 13.5 Å². The SMILES string of the molecule is COCc1cc(C)nc(OCC(=O)N/N=C/c2c[nH]c3ccccc23)c1C#N. The first kappa shape index (κ1) is 19.1. The summed E-state index contributed by atoms with van der Waals surface area (Å²) in [6.45, 7) is 1.71. The summed E-state index contributed by atoms with van der Waals surface area (Å²) in [5.41, 5.74) is 5.82. The molecule has 0 unspecified atom stereocenters. The second kappa shape index (κ2) is 8.79. The number of rotatable bonds is 7. The van der Waals surface area contributed by atoms with Crippen molar-refractivity contribution in [3.8, 4) is 11.9 Å². The van der Waals surface area contributed by atoms with Crippen molar-refractivity contribution in [1.82, 2.24) is 15.4 Å². The summed E-state index contributed by atoms with van der Waals surface area (Å²) in [6, 6.07) is 11.6. The fourth-order valence-electron chi connectivity index (χ4n) is 2.74.